The molecule has 6 heteroatoms. The van der Waals surface area contributed by atoms with Gasteiger partial charge in [0.25, 0.3) is 0 Å². The molecule has 0 saturated carbocycles. The predicted molar refractivity (Wildman–Crippen MR) is 89.7 cm³/mol. The van der Waals surface area contributed by atoms with Gasteiger partial charge >= 0.3 is 0 Å². The second-order valence-electron chi connectivity index (χ2n) is 5.51. The number of hydrogen-bond acceptors (Lipinski definition) is 5. The maximum atomic E-state index is 10.3. The standard InChI is InChI=1S/C17H20N4O2/c1-11-7-14(13-5-4-6-16(23-3)17(13)20-11)18-9-15(22)12-8-19-21(2)10-12/h4-8,10,15,22H,9H2,1-3H3,(H,18,20). The molecule has 23 heavy (non-hydrogen) atoms. The molecule has 0 aliphatic rings. The number of nitrogens with zero attached hydrogens (tertiary/aromatic N) is 3. The molecule has 0 saturated heterocycles. The molecular formula is C17H20N4O2. The molecule has 0 radical (unpaired) electrons. The Hall–Kier alpha value is -2.60. The van der Waals surface area contributed by atoms with Crippen LogP contribution < -0.4 is 10.1 Å². The third-order valence-electron chi connectivity index (χ3n) is 3.75. The van der Waals surface area contributed by atoms with Crippen LogP contribution in [0.15, 0.2) is 36.7 Å². The molecule has 0 aliphatic carbocycles. The van der Waals surface area contributed by atoms with E-state index >= 15 is 0 Å². The lowest BCUT2D eigenvalue weighted by Gasteiger charge is -2.15. The Bertz CT molecular complexity index is 829. The van der Waals surface area contributed by atoms with Crippen molar-refractivity contribution >= 4 is 16.6 Å². The molecule has 6 nitrogen and oxygen atoms in total. The number of benzene rings is 1. The van der Waals surface area contributed by atoms with Crippen molar-refractivity contribution in [1.29, 1.82) is 0 Å². The fourth-order valence-electron chi connectivity index (χ4n) is 2.60. The van der Waals surface area contributed by atoms with E-state index in [1.54, 1.807) is 18.0 Å². The summed E-state index contributed by atoms with van der Waals surface area (Å²) in [5, 5.41) is 18.6. The fourth-order valence-corrected chi connectivity index (χ4v) is 2.60. The van der Waals surface area contributed by atoms with Gasteiger partial charge in [-0.15, -0.1) is 0 Å². The lowest BCUT2D eigenvalue weighted by Crippen LogP contribution is -2.12. The van der Waals surface area contributed by atoms with Crippen molar-refractivity contribution in [1.82, 2.24) is 14.8 Å². The number of para-hydroxylation sites is 1. The first-order chi connectivity index (χ1) is 11.1. The van der Waals surface area contributed by atoms with Crippen LogP contribution in [0.1, 0.15) is 17.4 Å². The van der Waals surface area contributed by atoms with Gasteiger partial charge in [-0.3, -0.25) is 4.68 Å². The quantitative estimate of drug-likeness (QED) is 0.757. The Labute approximate surface area is 134 Å². The molecule has 1 unspecified atom stereocenters. The Morgan fingerprint density at radius 3 is 2.91 bits per heavy atom. The molecule has 2 heterocycles. The van der Waals surface area contributed by atoms with Gasteiger partial charge in [-0.2, -0.15) is 5.10 Å². The van der Waals surface area contributed by atoms with Gasteiger partial charge in [0.2, 0.25) is 0 Å². The van der Waals surface area contributed by atoms with E-state index in [2.05, 4.69) is 15.4 Å². The number of aliphatic hydroxyl groups is 1. The van der Waals surface area contributed by atoms with Crippen LogP contribution >= 0.6 is 0 Å². The van der Waals surface area contributed by atoms with Gasteiger partial charge in [0.1, 0.15) is 11.3 Å². The highest BCUT2D eigenvalue weighted by Gasteiger charge is 2.12. The Balaban J connectivity index is 1.88. The van der Waals surface area contributed by atoms with Crippen LogP contribution in [-0.2, 0) is 7.05 Å². The number of aryl methyl sites for hydroxylation is 2. The number of ether oxygens (including phenoxy) is 1. The second kappa shape index (κ2) is 6.26. The minimum absolute atomic E-state index is 0.390. The summed E-state index contributed by atoms with van der Waals surface area (Å²) in [6.07, 6.45) is 2.86. The van der Waals surface area contributed by atoms with Crippen molar-refractivity contribution in [3.63, 3.8) is 0 Å². The zero-order valence-electron chi connectivity index (χ0n) is 13.4. The highest BCUT2D eigenvalue weighted by molar-refractivity contribution is 5.95. The Kier molecular flexibility index (Phi) is 4.16. The number of fused-ring (bicyclic) bond motifs is 1. The van der Waals surface area contributed by atoms with E-state index in [0.29, 0.717) is 6.54 Å². The van der Waals surface area contributed by atoms with E-state index < -0.39 is 6.10 Å². The number of aromatic nitrogens is 3. The molecule has 120 valence electrons. The van der Waals surface area contributed by atoms with Gasteiger partial charge in [-0.05, 0) is 19.1 Å². The predicted octanol–water partition coefficient (Wildman–Crippen LogP) is 2.43. The Morgan fingerprint density at radius 1 is 1.39 bits per heavy atom. The van der Waals surface area contributed by atoms with Crippen molar-refractivity contribution in [2.75, 3.05) is 19.0 Å². The summed E-state index contributed by atoms with van der Waals surface area (Å²) in [5.41, 5.74) is 3.41. The normalized spacial score (nSPS) is 12.3. The van der Waals surface area contributed by atoms with Gasteiger partial charge in [-0.25, -0.2) is 4.98 Å². The zero-order chi connectivity index (χ0) is 16.4. The highest BCUT2D eigenvalue weighted by Crippen LogP contribution is 2.30. The van der Waals surface area contributed by atoms with Crippen LogP contribution in [0.2, 0.25) is 0 Å². The van der Waals surface area contributed by atoms with Crippen molar-refractivity contribution < 1.29 is 9.84 Å². The van der Waals surface area contributed by atoms with Gasteiger partial charge in [0, 0.05) is 42.1 Å². The summed E-state index contributed by atoms with van der Waals surface area (Å²) in [7, 11) is 3.47. The van der Waals surface area contributed by atoms with E-state index in [9.17, 15) is 5.11 Å². The third-order valence-corrected chi connectivity index (χ3v) is 3.75. The highest BCUT2D eigenvalue weighted by atomic mass is 16.5. The smallest absolute Gasteiger partial charge is 0.145 e. The maximum absolute atomic E-state index is 10.3. The largest absolute Gasteiger partial charge is 0.494 e. The Morgan fingerprint density at radius 2 is 2.22 bits per heavy atom. The van der Waals surface area contributed by atoms with Gasteiger partial charge in [-0.1, -0.05) is 12.1 Å². The third kappa shape index (κ3) is 3.12. The summed E-state index contributed by atoms with van der Waals surface area (Å²) < 4.78 is 7.06. The van der Waals surface area contributed by atoms with Crippen LogP contribution in [0.25, 0.3) is 10.9 Å². The number of aliphatic hydroxyl groups excluding tert-OH is 1. The number of methoxy groups -OCH3 is 1. The number of pyridine rings is 1. The number of nitrogens with one attached hydrogen (secondary N) is 1. The molecule has 2 N–H and O–H groups in total. The minimum atomic E-state index is -0.627. The molecule has 0 aliphatic heterocycles. The van der Waals surface area contributed by atoms with Gasteiger partial charge in [0.05, 0.1) is 19.4 Å². The average Bonchev–Trinajstić information content (AvgIpc) is 2.98. The van der Waals surface area contributed by atoms with E-state index in [4.69, 9.17) is 4.74 Å². The van der Waals surface area contributed by atoms with E-state index in [-0.39, 0.29) is 0 Å². The topological polar surface area (TPSA) is 72.2 Å². The van der Waals surface area contributed by atoms with E-state index in [1.165, 1.54) is 0 Å². The molecule has 3 rings (SSSR count). The first kappa shape index (κ1) is 15.3. The molecular weight excluding hydrogens is 292 g/mol. The lowest BCUT2D eigenvalue weighted by atomic mass is 10.1. The van der Waals surface area contributed by atoms with E-state index in [1.807, 2.05) is 44.4 Å². The number of rotatable bonds is 5. The summed E-state index contributed by atoms with van der Waals surface area (Å²) in [6.45, 7) is 2.33. The SMILES string of the molecule is COc1cccc2c(NCC(O)c3cnn(C)c3)cc(C)nc12. The zero-order valence-corrected chi connectivity index (χ0v) is 13.4. The first-order valence-corrected chi connectivity index (χ1v) is 7.43. The monoisotopic (exact) mass is 312 g/mol. The molecule has 0 fully saturated rings. The van der Waals surface area contributed by atoms with Gasteiger partial charge < -0.3 is 15.2 Å². The molecule has 1 atom stereocenters. The van der Waals surface area contributed by atoms with Crippen LogP contribution in [-0.4, -0.2) is 33.5 Å². The second-order valence-corrected chi connectivity index (χ2v) is 5.51. The number of hydrogen-bond donors (Lipinski definition) is 2. The fraction of sp³-hybridized carbons (Fsp3) is 0.294. The summed E-state index contributed by atoms with van der Waals surface area (Å²) >= 11 is 0. The summed E-state index contributed by atoms with van der Waals surface area (Å²) in [6, 6.07) is 7.78. The van der Waals surface area contributed by atoms with Crippen LogP contribution in [0.3, 0.4) is 0 Å². The average molecular weight is 312 g/mol. The molecule has 3 aromatic rings. The summed E-state index contributed by atoms with van der Waals surface area (Å²) in [4.78, 5) is 4.55. The maximum Gasteiger partial charge on any atom is 0.145 e. The molecule has 2 aromatic heterocycles. The molecule has 0 amide bonds. The summed E-state index contributed by atoms with van der Waals surface area (Å²) in [5.74, 6) is 0.738. The van der Waals surface area contributed by atoms with Crippen molar-refractivity contribution in [2.24, 2.45) is 7.05 Å². The van der Waals surface area contributed by atoms with Crippen LogP contribution in [0.4, 0.5) is 5.69 Å². The van der Waals surface area contributed by atoms with Crippen LogP contribution in [0, 0.1) is 6.92 Å². The first-order valence-electron chi connectivity index (χ1n) is 7.43. The lowest BCUT2D eigenvalue weighted by molar-refractivity contribution is 0.191. The van der Waals surface area contributed by atoms with Crippen molar-refractivity contribution in [3.05, 3.63) is 47.9 Å². The minimum Gasteiger partial charge on any atom is -0.494 e. The van der Waals surface area contributed by atoms with Crippen LogP contribution in [0.5, 0.6) is 5.75 Å². The van der Waals surface area contributed by atoms with Crippen molar-refractivity contribution in [2.45, 2.75) is 13.0 Å². The molecule has 1 aromatic carbocycles. The molecule has 0 spiro atoms. The molecule has 0 bridgehead atoms. The number of anilines is 1. The van der Waals surface area contributed by atoms with E-state index in [0.717, 1.165) is 33.6 Å². The van der Waals surface area contributed by atoms with Gasteiger partial charge in [0.15, 0.2) is 0 Å². The van der Waals surface area contributed by atoms with Crippen molar-refractivity contribution in [3.8, 4) is 5.75 Å².